The molecular formula is C33H38BrClN4O5S. The second-order valence-corrected chi connectivity index (χ2v) is 14.5. The van der Waals surface area contributed by atoms with E-state index in [0.717, 1.165) is 39.2 Å². The standard InChI is InChI=1S/C33H37BrN4O5S.ClH/c1-21-8-6-9-22(2)30(21)28-17-29(37-32(36-28)38-44(41,42)27-11-7-10-24(16-27)31(39)40)43-20-26(18-33(3,4)5)35-19-23-12-14-25(34)15-13-23;/h6-17,26,35H,18-20H2,1-5H3,(H,39,40)(H,36,37,38);1H/t26-;/m1./s1. The highest BCUT2D eigenvalue weighted by Crippen LogP contribution is 2.30. The van der Waals surface area contributed by atoms with Gasteiger partial charge in [0.2, 0.25) is 11.8 Å². The third-order valence-electron chi connectivity index (χ3n) is 6.86. The van der Waals surface area contributed by atoms with E-state index >= 15 is 0 Å². The highest BCUT2D eigenvalue weighted by Gasteiger charge is 2.22. The van der Waals surface area contributed by atoms with Crippen LogP contribution in [0.5, 0.6) is 5.88 Å². The van der Waals surface area contributed by atoms with Crippen molar-refractivity contribution in [3.63, 3.8) is 0 Å². The molecule has 1 atom stereocenters. The number of carbonyl (C=O) groups is 1. The van der Waals surface area contributed by atoms with Crippen molar-refractivity contribution in [2.75, 3.05) is 11.3 Å². The molecule has 4 aromatic rings. The smallest absolute Gasteiger partial charge is 0.335 e. The molecule has 0 radical (unpaired) electrons. The maximum atomic E-state index is 13.3. The summed E-state index contributed by atoms with van der Waals surface area (Å²) in [5, 5.41) is 12.9. The minimum absolute atomic E-state index is 0. The Morgan fingerprint density at radius 2 is 1.62 bits per heavy atom. The van der Waals surface area contributed by atoms with E-state index in [1.54, 1.807) is 6.07 Å². The molecule has 0 aliphatic heterocycles. The number of rotatable bonds is 12. The fourth-order valence-corrected chi connectivity index (χ4v) is 6.10. The van der Waals surface area contributed by atoms with Gasteiger partial charge in [0.1, 0.15) is 6.61 Å². The molecule has 3 aromatic carbocycles. The zero-order valence-corrected chi connectivity index (χ0v) is 29.0. The van der Waals surface area contributed by atoms with Crippen molar-refractivity contribution in [1.29, 1.82) is 0 Å². The number of benzene rings is 3. The number of carboxylic acid groups (broad SMARTS) is 1. The van der Waals surface area contributed by atoms with Gasteiger partial charge >= 0.3 is 5.97 Å². The van der Waals surface area contributed by atoms with Crippen molar-refractivity contribution in [2.45, 2.75) is 58.5 Å². The molecule has 0 saturated carbocycles. The second-order valence-electron chi connectivity index (χ2n) is 11.9. The van der Waals surface area contributed by atoms with Gasteiger partial charge in [-0.05, 0) is 72.7 Å². The quantitative estimate of drug-likeness (QED) is 0.138. The Hall–Kier alpha value is -3.51. The number of sulfonamides is 1. The monoisotopic (exact) mass is 716 g/mol. The number of aromatic nitrogens is 2. The number of nitrogens with one attached hydrogen (secondary N) is 2. The first-order chi connectivity index (χ1) is 20.7. The largest absolute Gasteiger partial charge is 0.478 e. The summed E-state index contributed by atoms with van der Waals surface area (Å²) in [6.45, 7) is 11.3. The van der Waals surface area contributed by atoms with Crippen LogP contribution in [0.2, 0.25) is 0 Å². The van der Waals surface area contributed by atoms with Gasteiger partial charge in [-0.1, -0.05) is 73.1 Å². The fraction of sp³-hybridized carbons (Fsp3) is 0.303. The first-order valence-electron chi connectivity index (χ1n) is 14.1. The molecule has 240 valence electrons. The summed E-state index contributed by atoms with van der Waals surface area (Å²) in [6, 6.07) is 20.7. The van der Waals surface area contributed by atoms with Crippen LogP contribution in [0.15, 0.2) is 82.2 Å². The molecule has 0 aliphatic carbocycles. The third-order valence-corrected chi connectivity index (χ3v) is 8.71. The SMILES string of the molecule is Cc1cccc(C)c1-c1cc(OC[C@@H](CC(C)(C)C)NCc2ccc(Br)cc2)nc(NS(=O)(=O)c2cccc(C(=O)O)c2)n1.Cl. The number of aromatic carboxylic acids is 1. The van der Waals surface area contributed by atoms with E-state index in [0.29, 0.717) is 12.2 Å². The average Bonchev–Trinajstić information content (AvgIpc) is 2.94. The summed E-state index contributed by atoms with van der Waals surface area (Å²) in [5.41, 5.74) is 4.25. The van der Waals surface area contributed by atoms with Crippen LogP contribution in [-0.4, -0.2) is 42.1 Å². The van der Waals surface area contributed by atoms with Crippen LogP contribution in [0.4, 0.5) is 5.95 Å². The first kappa shape index (κ1) is 36.0. The summed E-state index contributed by atoms with van der Waals surface area (Å²) in [6.07, 6.45) is 0.817. The number of carboxylic acids is 1. The van der Waals surface area contributed by atoms with Gasteiger partial charge in [-0.15, -0.1) is 12.4 Å². The number of hydrogen-bond donors (Lipinski definition) is 3. The molecule has 45 heavy (non-hydrogen) atoms. The van der Waals surface area contributed by atoms with Crippen molar-refractivity contribution in [1.82, 2.24) is 15.3 Å². The molecule has 1 aromatic heterocycles. The Morgan fingerprint density at radius 3 is 2.24 bits per heavy atom. The van der Waals surface area contributed by atoms with Crippen molar-refractivity contribution >= 4 is 50.3 Å². The third kappa shape index (κ3) is 10.3. The first-order valence-corrected chi connectivity index (χ1v) is 16.4. The molecule has 0 unspecified atom stereocenters. The Labute approximate surface area is 279 Å². The van der Waals surface area contributed by atoms with E-state index in [4.69, 9.17) is 4.74 Å². The lowest BCUT2D eigenvalue weighted by atomic mass is 9.88. The van der Waals surface area contributed by atoms with Crippen molar-refractivity contribution in [3.8, 4) is 17.1 Å². The lowest BCUT2D eigenvalue weighted by Gasteiger charge is -2.27. The summed E-state index contributed by atoms with van der Waals surface area (Å²) in [4.78, 5) is 20.2. The molecule has 1 heterocycles. The lowest BCUT2D eigenvalue weighted by Crippen LogP contribution is -2.37. The minimum atomic E-state index is -4.21. The van der Waals surface area contributed by atoms with Crippen LogP contribution in [0.1, 0.15) is 54.2 Å². The molecule has 9 nitrogen and oxygen atoms in total. The topological polar surface area (TPSA) is 131 Å². The van der Waals surface area contributed by atoms with E-state index in [-0.39, 0.29) is 52.8 Å². The van der Waals surface area contributed by atoms with Gasteiger partial charge in [-0.25, -0.2) is 22.9 Å². The van der Waals surface area contributed by atoms with Gasteiger partial charge < -0.3 is 15.2 Å². The van der Waals surface area contributed by atoms with Crippen LogP contribution in [0.25, 0.3) is 11.3 Å². The fourth-order valence-electron chi connectivity index (χ4n) is 4.85. The molecular weight excluding hydrogens is 680 g/mol. The molecule has 4 rings (SSSR count). The van der Waals surface area contributed by atoms with Gasteiger partial charge in [0.05, 0.1) is 16.2 Å². The summed E-state index contributed by atoms with van der Waals surface area (Å²) in [7, 11) is -4.21. The molecule has 12 heteroatoms. The Morgan fingerprint density at radius 1 is 0.978 bits per heavy atom. The number of anilines is 1. The van der Waals surface area contributed by atoms with Crippen LogP contribution in [0, 0.1) is 19.3 Å². The predicted molar refractivity (Wildman–Crippen MR) is 183 cm³/mol. The molecule has 0 amide bonds. The molecule has 0 fully saturated rings. The molecule has 3 N–H and O–H groups in total. The van der Waals surface area contributed by atoms with Crippen LogP contribution in [-0.2, 0) is 16.6 Å². The van der Waals surface area contributed by atoms with Crippen LogP contribution in [0.3, 0.4) is 0 Å². The van der Waals surface area contributed by atoms with E-state index in [2.05, 4.69) is 68.8 Å². The predicted octanol–water partition coefficient (Wildman–Crippen LogP) is 7.42. The molecule has 0 saturated heterocycles. The van der Waals surface area contributed by atoms with Gasteiger partial charge in [-0.2, -0.15) is 4.98 Å². The Balaban J connectivity index is 0.00000552. The second kappa shape index (κ2) is 15.2. The van der Waals surface area contributed by atoms with Crippen LogP contribution < -0.4 is 14.8 Å². The van der Waals surface area contributed by atoms with Crippen molar-refractivity contribution < 1.29 is 23.1 Å². The van der Waals surface area contributed by atoms with Crippen molar-refractivity contribution in [2.24, 2.45) is 5.41 Å². The summed E-state index contributed by atoms with van der Waals surface area (Å²) in [5.74, 6) is -1.21. The zero-order chi connectivity index (χ0) is 32.1. The number of nitrogens with zero attached hydrogens (tertiary/aromatic N) is 2. The van der Waals surface area contributed by atoms with E-state index < -0.39 is 16.0 Å². The van der Waals surface area contributed by atoms with E-state index in [1.807, 2.05) is 44.2 Å². The van der Waals surface area contributed by atoms with E-state index in [1.165, 1.54) is 18.2 Å². The minimum Gasteiger partial charge on any atom is -0.478 e. The molecule has 0 spiro atoms. The maximum Gasteiger partial charge on any atom is 0.335 e. The average molecular weight is 718 g/mol. The van der Waals surface area contributed by atoms with Gasteiger partial charge in [0.25, 0.3) is 10.0 Å². The number of ether oxygens (including phenoxy) is 1. The highest BCUT2D eigenvalue weighted by molar-refractivity contribution is 9.10. The molecule has 0 aliphatic rings. The maximum absolute atomic E-state index is 13.3. The van der Waals surface area contributed by atoms with E-state index in [9.17, 15) is 18.3 Å². The van der Waals surface area contributed by atoms with Crippen LogP contribution >= 0.6 is 28.3 Å². The molecule has 0 bridgehead atoms. The van der Waals surface area contributed by atoms with Crippen molar-refractivity contribution in [3.05, 3.63) is 99.5 Å². The summed E-state index contributed by atoms with van der Waals surface area (Å²) < 4.78 is 36.3. The zero-order valence-electron chi connectivity index (χ0n) is 25.8. The number of hydrogen-bond acceptors (Lipinski definition) is 7. The number of aryl methyl sites for hydroxylation is 2. The Bertz CT molecular complexity index is 1720. The van der Waals surface area contributed by atoms with Gasteiger partial charge in [0.15, 0.2) is 0 Å². The van der Waals surface area contributed by atoms with Gasteiger partial charge in [0, 0.05) is 28.7 Å². The highest BCUT2D eigenvalue weighted by atomic mass is 79.9. The number of halogens is 2. The Kier molecular flexibility index (Phi) is 12.1. The summed E-state index contributed by atoms with van der Waals surface area (Å²) >= 11 is 3.47. The lowest BCUT2D eigenvalue weighted by molar-refractivity contribution is 0.0696. The normalized spacial score (nSPS) is 12.2. The van der Waals surface area contributed by atoms with Gasteiger partial charge in [-0.3, -0.25) is 0 Å².